The summed E-state index contributed by atoms with van der Waals surface area (Å²) < 4.78 is 10.4. The molecule has 0 amide bonds. The first-order valence-electron chi connectivity index (χ1n) is 5.51. The van der Waals surface area contributed by atoms with Gasteiger partial charge >= 0.3 is 0 Å². The number of rotatable bonds is 5. The zero-order chi connectivity index (χ0) is 12.8. The molecule has 1 aromatic heterocycles. The number of nitrogens with zero attached hydrogens (tertiary/aromatic N) is 2. The summed E-state index contributed by atoms with van der Waals surface area (Å²) >= 11 is 0. The minimum atomic E-state index is 0.122. The second-order valence-electron chi connectivity index (χ2n) is 3.95. The van der Waals surface area contributed by atoms with E-state index in [0.29, 0.717) is 25.0 Å². The summed E-state index contributed by atoms with van der Waals surface area (Å²) in [6, 6.07) is 0.122. The largest absolute Gasteiger partial charge is 0.444 e. The van der Waals surface area contributed by atoms with E-state index >= 15 is 0 Å². The van der Waals surface area contributed by atoms with E-state index in [-0.39, 0.29) is 6.04 Å². The predicted octanol–water partition coefficient (Wildman–Crippen LogP) is 0.731. The number of hydrogen-bond acceptors (Lipinski definition) is 4. The second kappa shape index (κ2) is 6.24. The first kappa shape index (κ1) is 13.5. The molecule has 1 rings (SSSR count). The van der Waals surface area contributed by atoms with Gasteiger partial charge in [-0.15, -0.1) is 0 Å². The molecule has 0 radical (unpaired) electrons. The molecule has 0 bridgehead atoms. The molecule has 6 heteroatoms. The van der Waals surface area contributed by atoms with Gasteiger partial charge in [0.1, 0.15) is 12.3 Å². The first-order chi connectivity index (χ1) is 8.02. The topological polar surface area (TPSA) is 85.7 Å². The SMILES string of the molecule is COCC(C)NC(N)=NCc1nc(C)c(C)o1. The molecule has 1 aromatic rings. The van der Waals surface area contributed by atoms with E-state index in [4.69, 9.17) is 14.9 Å². The molecule has 0 aliphatic carbocycles. The molecular weight excluding hydrogens is 220 g/mol. The lowest BCUT2D eigenvalue weighted by molar-refractivity contribution is 0.179. The van der Waals surface area contributed by atoms with Crippen molar-refractivity contribution in [3.8, 4) is 0 Å². The van der Waals surface area contributed by atoms with Gasteiger partial charge in [-0.05, 0) is 20.8 Å². The molecule has 0 aliphatic heterocycles. The van der Waals surface area contributed by atoms with Crippen molar-refractivity contribution >= 4 is 5.96 Å². The normalized spacial score (nSPS) is 13.8. The van der Waals surface area contributed by atoms with Crippen molar-refractivity contribution in [1.29, 1.82) is 0 Å². The van der Waals surface area contributed by atoms with Gasteiger partial charge in [0.15, 0.2) is 5.96 Å². The van der Waals surface area contributed by atoms with Gasteiger partial charge in [-0.2, -0.15) is 0 Å². The van der Waals surface area contributed by atoms with Crippen LogP contribution in [0.2, 0.25) is 0 Å². The van der Waals surface area contributed by atoms with Crippen LogP contribution in [0.1, 0.15) is 24.3 Å². The Labute approximate surface area is 101 Å². The number of aromatic nitrogens is 1. The Balaban J connectivity index is 2.47. The van der Waals surface area contributed by atoms with E-state index in [9.17, 15) is 0 Å². The summed E-state index contributed by atoms with van der Waals surface area (Å²) in [7, 11) is 1.64. The first-order valence-corrected chi connectivity index (χ1v) is 5.51. The summed E-state index contributed by atoms with van der Waals surface area (Å²) in [4.78, 5) is 8.36. The summed E-state index contributed by atoms with van der Waals surface area (Å²) in [5.41, 5.74) is 6.60. The summed E-state index contributed by atoms with van der Waals surface area (Å²) in [5, 5.41) is 3.01. The van der Waals surface area contributed by atoms with Gasteiger partial charge in [0, 0.05) is 13.2 Å². The highest BCUT2D eigenvalue weighted by molar-refractivity contribution is 5.78. The lowest BCUT2D eigenvalue weighted by Gasteiger charge is -2.12. The molecule has 0 fully saturated rings. The minimum Gasteiger partial charge on any atom is -0.444 e. The molecule has 0 saturated heterocycles. The maximum atomic E-state index is 5.71. The van der Waals surface area contributed by atoms with Gasteiger partial charge in [0.05, 0.1) is 12.3 Å². The molecule has 0 saturated carbocycles. The van der Waals surface area contributed by atoms with Crippen LogP contribution in [0.25, 0.3) is 0 Å². The third-order valence-corrected chi connectivity index (χ3v) is 2.27. The monoisotopic (exact) mass is 240 g/mol. The van der Waals surface area contributed by atoms with Crippen molar-refractivity contribution in [1.82, 2.24) is 10.3 Å². The van der Waals surface area contributed by atoms with Crippen LogP contribution in [0.3, 0.4) is 0 Å². The van der Waals surface area contributed by atoms with Crippen LogP contribution < -0.4 is 11.1 Å². The Morgan fingerprint density at radius 1 is 1.59 bits per heavy atom. The van der Waals surface area contributed by atoms with Crippen LogP contribution >= 0.6 is 0 Å². The summed E-state index contributed by atoms with van der Waals surface area (Å²) in [5.74, 6) is 1.75. The molecule has 0 spiro atoms. The highest BCUT2D eigenvalue weighted by atomic mass is 16.5. The molecular formula is C11H20N4O2. The fraction of sp³-hybridized carbons (Fsp3) is 0.636. The number of nitrogens with one attached hydrogen (secondary N) is 1. The number of guanidine groups is 1. The predicted molar refractivity (Wildman–Crippen MR) is 65.8 cm³/mol. The van der Waals surface area contributed by atoms with Crippen LogP contribution in [0.4, 0.5) is 0 Å². The minimum absolute atomic E-state index is 0.122. The number of aliphatic imine (C=N–C) groups is 1. The van der Waals surface area contributed by atoms with Gasteiger partial charge in [0.2, 0.25) is 5.89 Å². The zero-order valence-electron chi connectivity index (χ0n) is 10.8. The Hall–Kier alpha value is -1.56. The number of aryl methyl sites for hydroxylation is 2. The van der Waals surface area contributed by atoms with Gasteiger partial charge in [0.25, 0.3) is 0 Å². The Kier molecular flexibility index (Phi) is 4.96. The van der Waals surface area contributed by atoms with Crippen LogP contribution in [0, 0.1) is 13.8 Å². The zero-order valence-corrected chi connectivity index (χ0v) is 10.8. The van der Waals surface area contributed by atoms with E-state index in [2.05, 4.69) is 15.3 Å². The molecule has 96 valence electrons. The van der Waals surface area contributed by atoms with Crippen molar-refractivity contribution < 1.29 is 9.15 Å². The number of ether oxygens (including phenoxy) is 1. The van der Waals surface area contributed by atoms with Gasteiger partial charge in [-0.1, -0.05) is 0 Å². The lowest BCUT2D eigenvalue weighted by Crippen LogP contribution is -2.40. The van der Waals surface area contributed by atoms with Gasteiger partial charge in [-0.3, -0.25) is 0 Å². The van der Waals surface area contributed by atoms with Crippen molar-refractivity contribution in [3.05, 3.63) is 17.3 Å². The van der Waals surface area contributed by atoms with E-state index in [1.807, 2.05) is 20.8 Å². The maximum Gasteiger partial charge on any atom is 0.216 e. The smallest absolute Gasteiger partial charge is 0.216 e. The highest BCUT2D eigenvalue weighted by Gasteiger charge is 2.05. The Morgan fingerprint density at radius 2 is 2.29 bits per heavy atom. The molecule has 1 unspecified atom stereocenters. The Morgan fingerprint density at radius 3 is 2.82 bits per heavy atom. The number of nitrogens with two attached hydrogens (primary N) is 1. The van der Waals surface area contributed by atoms with Crippen molar-refractivity contribution in [2.75, 3.05) is 13.7 Å². The third-order valence-electron chi connectivity index (χ3n) is 2.27. The molecule has 3 N–H and O–H groups in total. The van der Waals surface area contributed by atoms with Gasteiger partial charge < -0.3 is 20.2 Å². The van der Waals surface area contributed by atoms with Crippen molar-refractivity contribution in [2.45, 2.75) is 33.4 Å². The molecule has 17 heavy (non-hydrogen) atoms. The number of oxazole rings is 1. The fourth-order valence-corrected chi connectivity index (χ4v) is 1.35. The average Bonchev–Trinajstić information content (AvgIpc) is 2.56. The van der Waals surface area contributed by atoms with E-state index in [1.54, 1.807) is 7.11 Å². The number of methoxy groups -OCH3 is 1. The average molecular weight is 240 g/mol. The Bertz CT molecular complexity index is 367. The molecule has 0 aliphatic rings. The third kappa shape index (κ3) is 4.44. The molecule has 1 atom stereocenters. The van der Waals surface area contributed by atoms with Crippen LogP contribution in [0.15, 0.2) is 9.41 Å². The molecule has 1 heterocycles. The van der Waals surface area contributed by atoms with E-state index in [1.165, 1.54) is 0 Å². The van der Waals surface area contributed by atoms with E-state index in [0.717, 1.165) is 11.5 Å². The standard InChI is InChI=1S/C11H20N4O2/c1-7(6-16-4)14-11(12)13-5-10-15-8(2)9(3)17-10/h7H,5-6H2,1-4H3,(H3,12,13,14). The lowest BCUT2D eigenvalue weighted by atomic mass is 10.4. The van der Waals surface area contributed by atoms with Gasteiger partial charge in [-0.25, -0.2) is 9.98 Å². The number of hydrogen-bond donors (Lipinski definition) is 2. The summed E-state index contributed by atoms with van der Waals surface area (Å²) in [6.07, 6.45) is 0. The quantitative estimate of drug-likeness (QED) is 0.585. The van der Waals surface area contributed by atoms with Crippen molar-refractivity contribution in [2.24, 2.45) is 10.7 Å². The molecule has 0 aromatic carbocycles. The van der Waals surface area contributed by atoms with Crippen molar-refractivity contribution in [3.63, 3.8) is 0 Å². The van der Waals surface area contributed by atoms with E-state index < -0.39 is 0 Å². The van der Waals surface area contributed by atoms with Crippen LogP contribution in [-0.2, 0) is 11.3 Å². The maximum absolute atomic E-state index is 5.71. The fourth-order valence-electron chi connectivity index (χ4n) is 1.35. The van der Waals surface area contributed by atoms with Crippen LogP contribution in [-0.4, -0.2) is 30.7 Å². The second-order valence-corrected chi connectivity index (χ2v) is 3.95. The summed E-state index contributed by atoms with van der Waals surface area (Å²) in [6.45, 7) is 6.65. The highest BCUT2D eigenvalue weighted by Crippen LogP contribution is 2.08. The molecule has 6 nitrogen and oxygen atoms in total. The van der Waals surface area contributed by atoms with Crippen LogP contribution in [0.5, 0.6) is 0 Å².